The van der Waals surface area contributed by atoms with Gasteiger partial charge in [-0.2, -0.15) is 0 Å². The lowest BCUT2D eigenvalue weighted by Gasteiger charge is -2.13. The lowest BCUT2D eigenvalue weighted by atomic mass is 10.1. The molecule has 0 amide bonds. The van der Waals surface area contributed by atoms with Crippen LogP contribution in [0.4, 0.5) is 14.6 Å². The van der Waals surface area contributed by atoms with E-state index >= 15 is 0 Å². The van der Waals surface area contributed by atoms with Crippen molar-refractivity contribution in [2.75, 3.05) is 5.32 Å². The summed E-state index contributed by atoms with van der Waals surface area (Å²) in [5.74, 6) is 0.704. The number of nitrogens with zero attached hydrogens (tertiary/aromatic N) is 2. The van der Waals surface area contributed by atoms with E-state index in [1.54, 1.807) is 0 Å². The van der Waals surface area contributed by atoms with Crippen LogP contribution in [0.15, 0.2) is 6.20 Å². The van der Waals surface area contributed by atoms with Crippen molar-refractivity contribution in [2.45, 2.75) is 45.1 Å². The van der Waals surface area contributed by atoms with Crippen LogP contribution in [-0.2, 0) is 0 Å². The molecule has 1 aromatic heterocycles. The Labute approximate surface area is 93.3 Å². The first-order valence-electron chi connectivity index (χ1n) is 5.49. The van der Waals surface area contributed by atoms with E-state index in [-0.39, 0.29) is 11.6 Å². The maximum absolute atomic E-state index is 12.5. The number of aromatic nitrogens is 2. The Morgan fingerprint density at radius 1 is 1.38 bits per heavy atom. The average molecular weight is 227 g/mol. The molecule has 1 heterocycles. The van der Waals surface area contributed by atoms with Crippen LogP contribution in [0.25, 0.3) is 0 Å². The van der Waals surface area contributed by atoms with Gasteiger partial charge in [0.2, 0.25) is 0 Å². The molecule has 0 unspecified atom stereocenters. The maximum atomic E-state index is 12.5. The number of alkyl halides is 2. The zero-order valence-electron chi connectivity index (χ0n) is 9.37. The highest BCUT2D eigenvalue weighted by molar-refractivity contribution is 5.44. The Morgan fingerprint density at radius 2 is 2.06 bits per heavy atom. The SMILES string of the molecule is CC(C)c1ncc(C(F)F)nc1NC1CC1. The van der Waals surface area contributed by atoms with Gasteiger partial charge in [0.05, 0.1) is 11.9 Å². The van der Waals surface area contributed by atoms with Crippen molar-refractivity contribution in [3.8, 4) is 0 Å². The molecule has 16 heavy (non-hydrogen) atoms. The fraction of sp³-hybridized carbons (Fsp3) is 0.636. The monoisotopic (exact) mass is 227 g/mol. The number of nitrogens with one attached hydrogen (secondary N) is 1. The summed E-state index contributed by atoms with van der Waals surface area (Å²) in [4.78, 5) is 8.03. The molecular formula is C11H15F2N3. The second-order valence-corrected chi connectivity index (χ2v) is 4.40. The molecule has 0 atom stereocenters. The van der Waals surface area contributed by atoms with Crippen LogP contribution in [0.5, 0.6) is 0 Å². The van der Waals surface area contributed by atoms with E-state index in [2.05, 4.69) is 15.3 Å². The molecule has 0 aliphatic heterocycles. The molecule has 0 spiro atoms. The van der Waals surface area contributed by atoms with Crippen LogP contribution < -0.4 is 5.32 Å². The predicted molar refractivity (Wildman–Crippen MR) is 57.7 cm³/mol. The summed E-state index contributed by atoms with van der Waals surface area (Å²) in [7, 11) is 0. The van der Waals surface area contributed by atoms with Gasteiger partial charge >= 0.3 is 0 Å². The van der Waals surface area contributed by atoms with Crippen LogP contribution in [0.2, 0.25) is 0 Å². The zero-order chi connectivity index (χ0) is 11.7. The van der Waals surface area contributed by atoms with Gasteiger partial charge < -0.3 is 5.32 Å². The van der Waals surface area contributed by atoms with Gasteiger partial charge in [-0.15, -0.1) is 0 Å². The van der Waals surface area contributed by atoms with Gasteiger partial charge in [0.1, 0.15) is 11.5 Å². The molecule has 0 saturated heterocycles. The van der Waals surface area contributed by atoms with Gasteiger partial charge in [0.15, 0.2) is 0 Å². The molecule has 1 fully saturated rings. The van der Waals surface area contributed by atoms with E-state index in [0.717, 1.165) is 24.7 Å². The van der Waals surface area contributed by atoms with Gasteiger partial charge in [-0.05, 0) is 18.8 Å². The molecule has 0 radical (unpaired) electrons. The summed E-state index contributed by atoms with van der Waals surface area (Å²) in [6.45, 7) is 3.95. The molecule has 2 rings (SSSR count). The standard InChI is InChI=1S/C11H15F2N3/c1-6(2)9-11(15-7-3-4-7)16-8(5-14-9)10(12)13/h5-7,10H,3-4H2,1-2H3,(H,15,16). The number of anilines is 1. The van der Waals surface area contributed by atoms with E-state index < -0.39 is 6.43 Å². The minimum atomic E-state index is -2.56. The number of rotatable bonds is 4. The molecule has 1 saturated carbocycles. The third kappa shape index (κ3) is 2.46. The normalized spacial score (nSPS) is 15.9. The molecule has 1 aliphatic rings. The molecule has 0 bridgehead atoms. The highest BCUT2D eigenvalue weighted by Gasteiger charge is 2.24. The Balaban J connectivity index is 2.29. The summed E-state index contributed by atoms with van der Waals surface area (Å²) in [5, 5.41) is 3.15. The fourth-order valence-corrected chi connectivity index (χ4v) is 1.47. The largest absolute Gasteiger partial charge is 0.366 e. The topological polar surface area (TPSA) is 37.8 Å². The van der Waals surface area contributed by atoms with E-state index in [0.29, 0.717) is 11.9 Å². The quantitative estimate of drug-likeness (QED) is 0.858. The van der Waals surface area contributed by atoms with E-state index in [1.807, 2.05) is 13.8 Å². The van der Waals surface area contributed by atoms with Crippen molar-refractivity contribution in [3.05, 3.63) is 17.6 Å². The number of hydrogen-bond acceptors (Lipinski definition) is 3. The number of halogens is 2. The van der Waals surface area contributed by atoms with Crippen LogP contribution in [0, 0.1) is 0 Å². The predicted octanol–water partition coefficient (Wildman–Crippen LogP) is 3.11. The molecule has 1 aromatic rings. The van der Waals surface area contributed by atoms with Crippen LogP contribution in [0.1, 0.15) is 50.4 Å². The van der Waals surface area contributed by atoms with Gasteiger partial charge in [-0.3, -0.25) is 4.98 Å². The van der Waals surface area contributed by atoms with Gasteiger partial charge in [-0.25, -0.2) is 13.8 Å². The lowest BCUT2D eigenvalue weighted by Crippen LogP contribution is -2.10. The minimum Gasteiger partial charge on any atom is -0.366 e. The smallest absolute Gasteiger partial charge is 0.281 e. The van der Waals surface area contributed by atoms with Gasteiger partial charge in [0, 0.05) is 6.04 Å². The second-order valence-electron chi connectivity index (χ2n) is 4.40. The van der Waals surface area contributed by atoms with Crippen molar-refractivity contribution >= 4 is 5.82 Å². The van der Waals surface area contributed by atoms with Gasteiger partial charge in [-0.1, -0.05) is 13.8 Å². The van der Waals surface area contributed by atoms with Crippen molar-refractivity contribution in [3.63, 3.8) is 0 Å². The Bertz CT molecular complexity index is 375. The fourth-order valence-electron chi connectivity index (χ4n) is 1.47. The van der Waals surface area contributed by atoms with Crippen molar-refractivity contribution in [1.29, 1.82) is 0 Å². The molecular weight excluding hydrogens is 212 g/mol. The summed E-state index contributed by atoms with van der Waals surface area (Å²) in [6.07, 6.45) is 0.766. The highest BCUT2D eigenvalue weighted by Crippen LogP contribution is 2.29. The van der Waals surface area contributed by atoms with E-state index in [1.165, 1.54) is 0 Å². The highest BCUT2D eigenvalue weighted by atomic mass is 19.3. The summed E-state index contributed by atoms with van der Waals surface area (Å²) in [6, 6.07) is 0.389. The molecule has 1 N–H and O–H groups in total. The Morgan fingerprint density at radius 3 is 2.56 bits per heavy atom. The van der Waals surface area contributed by atoms with E-state index in [9.17, 15) is 8.78 Å². The summed E-state index contributed by atoms with van der Waals surface area (Å²) < 4.78 is 25.0. The average Bonchev–Trinajstić information content (AvgIpc) is 3.01. The van der Waals surface area contributed by atoms with Crippen molar-refractivity contribution in [1.82, 2.24) is 9.97 Å². The van der Waals surface area contributed by atoms with Gasteiger partial charge in [0.25, 0.3) is 6.43 Å². The van der Waals surface area contributed by atoms with Crippen LogP contribution >= 0.6 is 0 Å². The van der Waals surface area contributed by atoms with Crippen LogP contribution in [-0.4, -0.2) is 16.0 Å². The first-order valence-corrected chi connectivity index (χ1v) is 5.49. The summed E-state index contributed by atoms with van der Waals surface area (Å²) in [5.41, 5.74) is 0.504. The molecule has 3 nitrogen and oxygen atoms in total. The van der Waals surface area contributed by atoms with E-state index in [4.69, 9.17) is 0 Å². The Hall–Kier alpha value is -1.26. The molecule has 5 heteroatoms. The first-order chi connectivity index (χ1) is 7.58. The third-order valence-corrected chi connectivity index (χ3v) is 2.51. The molecule has 0 aromatic carbocycles. The first kappa shape index (κ1) is 11.2. The zero-order valence-corrected chi connectivity index (χ0v) is 9.37. The minimum absolute atomic E-state index is 0.181. The van der Waals surface area contributed by atoms with Crippen molar-refractivity contribution < 1.29 is 8.78 Å². The maximum Gasteiger partial charge on any atom is 0.281 e. The molecule has 88 valence electrons. The second kappa shape index (κ2) is 4.31. The number of hydrogen-bond donors (Lipinski definition) is 1. The van der Waals surface area contributed by atoms with Crippen LogP contribution in [0.3, 0.4) is 0 Å². The molecule has 1 aliphatic carbocycles. The third-order valence-electron chi connectivity index (χ3n) is 2.51. The Kier molecular flexibility index (Phi) is 3.03. The lowest BCUT2D eigenvalue weighted by molar-refractivity contribution is 0.145. The van der Waals surface area contributed by atoms with Crippen molar-refractivity contribution in [2.24, 2.45) is 0 Å². The summed E-state index contributed by atoms with van der Waals surface area (Å²) >= 11 is 0.